The summed E-state index contributed by atoms with van der Waals surface area (Å²) in [5.74, 6) is 0. The molecule has 0 aliphatic carbocycles. The summed E-state index contributed by atoms with van der Waals surface area (Å²) in [6.07, 6.45) is 0.983. The summed E-state index contributed by atoms with van der Waals surface area (Å²) >= 11 is 0. The minimum Gasteiger partial charge on any atom is -0.383 e. The Hall–Kier alpha value is -0.680. The molecule has 1 N–H and O–H groups in total. The fraction of sp³-hybridized carbons (Fsp3) is 1.00. The van der Waals surface area contributed by atoms with Crippen molar-refractivity contribution in [2.75, 3.05) is 19.6 Å². The van der Waals surface area contributed by atoms with Crippen molar-refractivity contribution in [3.8, 4) is 0 Å². The standard InChI is InChI=1S/C10H20N2O3/c1-9(2,3)11-6-4-10(13,5-7-11)8-12(14)15/h13H,4-8H2,1-3H3. The number of nitrogens with zero attached hydrogens (tertiary/aromatic N) is 2. The number of hydrogen-bond acceptors (Lipinski definition) is 4. The highest BCUT2D eigenvalue weighted by Gasteiger charge is 2.39. The summed E-state index contributed by atoms with van der Waals surface area (Å²) in [7, 11) is 0. The van der Waals surface area contributed by atoms with Gasteiger partial charge in [-0.15, -0.1) is 0 Å². The lowest BCUT2D eigenvalue weighted by atomic mass is 9.89. The first-order chi connectivity index (χ1) is 6.73. The molecule has 0 aromatic rings. The van der Waals surface area contributed by atoms with Crippen molar-refractivity contribution >= 4 is 0 Å². The highest BCUT2D eigenvalue weighted by Crippen LogP contribution is 2.26. The summed E-state index contributed by atoms with van der Waals surface area (Å²) in [5.41, 5.74) is -1.01. The third-order valence-corrected chi connectivity index (χ3v) is 3.07. The smallest absolute Gasteiger partial charge is 0.232 e. The normalized spacial score (nSPS) is 22.7. The van der Waals surface area contributed by atoms with Gasteiger partial charge in [0.2, 0.25) is 6.54 Å². The first-order valence-corrected chi connectivity index (χ1v) is 5.32. The lowest BCUT2D eigenvalue weighted by Gasteiger charge is -2.42. The fourth-order valence-corrected chi connectivity index (χ4v) is 1.99. The molecule has 0 aromatic heterocycles. The van der Waals surface area contributed by atoms with Gasteiger partial charge in [0.05, 0.1) is 0 Å². The van der Waals surface area contributed by atoms with Crippen molar-refractivity contribution in [1.29, 1.82) is 0 Å². The predicted molar refractivity (Wildman–Crippen MR) is 57.4 cm³/mol. The third kappa shape index (κ3) is 3.43. The van der Waals surface area contributed by atoms with Crippen LogP contribution in [0.1, 0.15) is 33.6 Å². The van der Waals surface area contributed by atoms with Crippen LogP contribution in [-0.2, 0) is 0 Å². The molecular weight excluding hydrogens is 196 g/mol. The van der Waals surface area contributed by atoms with Crippen LogP contribution in [0.2, 0.25) is 0 Å². The molecule has 0 radical (unpaired) electrons. The quantitative estimate of drug-likeness (QED) is 0.550. The van der Waals surface area contributed by atoms with Gasteiger partial charge in [-0.1, -0.05) is 0 Å². The van der Waals surface area contributed by atoms with Gasteiger partial charge < -0.3 is 5.11 Å². The van der Waals surface area contributed by atoms with E-state index in [1.54, 1.807) is 0 Å². The van der Waals surface area contributed by atoms with Crippen LogP contribution >= 0.6 is 0 Å². The number of likely N-dealkylation sites (tertiary alicyclic amines) is 1. The Balaban J connectivity index is 2.51. The average Bonchev–Trinajstić information content (AvgIpc) is 2.00. The van der Waals surface area contributed by atoms with Crippen LogP contribution in [0.4, 0.5) is 0 Å². The van der Waals surface area contributed by atoms with Crippen molar-refractivity contribution in [3.05, 3.63) is 10.1 Å². The molecule has 1 aliphatic rings. The number of hydrogen-bond donors (Lipinski definition) is 1. The highest BCUT2D eigenvalue weighted by molar-refractivity contribution is 4.89. The van der Waals surface area contributed by atoms with Gasteiger partial charge in [-0.3, -0.25) is 15.0 Å². The van der Waals surface area contributed by atoms with E-state index in [4.69, 9.17) is 0 Å². The molecule has 0 atom stereocenters. The second-order valence-corrected chi connectivity index (χ2v) is 5.37. The largest absolute Gasteiger partial charge is 0.383 e. The minimum absolute atomic E-state index is 0.0793. The molecule has 15 heavy (non-hydrogen) atoms. The van der Waals surface area contributed by atoms with Gasteiger partial charge in [0, 0.05) is 23.6 Å². The lowest BCUT2D eigenvalue weighted by molar-refractivity contribution is -0.502. The maximum absolute atomic E-state index is 10.4. The molecule has 1 aliphatic heterocycles. The van der Waals surface area contributed by atoms with Crippen molar-refractivity contribution < 1.29 is 10.0 Å². The van der Waals surface area contributed by atoms with Crippen LogP contribution in [-0.4, -0.2) is 45.7 Å². The summed E-state index contributed by atoms with van der Waals surface area (Å²) in [6, 6.07) is 0. The molecule has 1 fully saturated rings. The SMILES string of the molecule is CC(C)(C)N1CCC(O)(C[N+](=O)[O-])CC1. The first-order valence-electron chi connectivity index (χ1n) is 5.32. The zero-order valence-corrected chi connectivity index (χ0v) is 9.69. The summed E-state index contributed by atoms with van der Waals surface area (Å²) < 4.78 is 0. The van der Waals surface area contributed by atoms with Gasteiger partial charge in [0.25, 0.3) is 0 Å². The minimum atomic E-state index is -1.09. The second-order valence-electron chi connectivity index (χ2n) is 5.37. The van der Waals surface area contributed by atoms with E-state index in [0.717, 1.165) is 13.1 Å². The molecule has 0 unspecified atom stereocenters. The number of nitro groups is 1. The van der Waals surface area contributed by atoms with E-state index in [-0.39, 0.29) is 12.1 Å². The van der Waals surface area contributed by atoms with Crippen LogP contribution < -0.4 is 0 Å². The van der Waals surface area contributed by atoms with E-state index in [2.05, 4.69) is 25.7 Å². The molecule has 1 rings (SSSR count). The lowest BCUT2D eigenvalue weighted by Crippen LogP contribution is -2.53. The van der Waals surface area contributed by atoms with Crippen LogP contribution in [0.5, 0.6) is 0 Å². The molecule has 88 valence electrons. The number of aliphatic hydroxyl groups is 1. The molecule has 0 saturated carbocycles. The zero-order chi connectivity index (χ0) is 11.7. The Morgan fingerprint density at radius 3 is 2.20 bits per heavy atom. The molecule has 1 saturated heterocycles. The Kier molecular flexibility index (Phi) is 3.35. The molecule has 0 spiro atoms. The van der Waals surface area contributed by atoms with Gasteiger partial charge in [0.15, 0.2) is 0 Å². The summed E-state index contributed by atoms with van der Waals surface area (Å²) in [4.78, 5) is 12.2. The first kappa shape index (κ1) is 12.4. The summed E-state index contributed by atoms with van der Waals surface area (Å²) in [5, 5.41) is 20.3. The maximum Gasteiger partial charge on any atom is 0.232 e. The highest BCUT2D eigenvalue weighted by atomic mass is 16.6. The monoisotopic (exact) mass is 216 g/mol. The van der Waals surface area contributed by atoms with Crippen LogP contribution in [0.25, 0.3) is 0 Å². The van der Waals surface area contributed by atoms with Gasteiger partial charge in [-0.2, -0.15) is 0 Å². The second kappa shape index (κ2) is 4.06. The molecule has 0 aromatic carbocycles. The van der Waals surface area contributed by atoms with E-state index >= 15 is 0 Å². The van der Waals surface area contributed by atoms with Crippen LogP contribution in [0, 0.1) is 10.1 Å². The van der Waals surface area contributed by atoms with E-state index in [9.17, 15) is 15.2 Å². The number of rotatable bonds is 2. The van der Waals surface area contributed by atoms with Crippen molar-refractivity contribution in [2.24, 2.45) is 0 Å². The Labute approximate surface area is 90.2 Å². The Morgan fingerprint density at radius 1 is 1.40 bits per heavy atom. The van der Waals surface area contributed by atoms with Gasteiger partial charge >= 0.3 is 0 Å². The Bertz CT molecular complexity index is 240. The predicted octanol–water partition coefficient (Wildman–Crippen LogP) is 0.889. The van der Waals surface area contributed by atoms with Crippen molar-refractivity contribution in [1.82, 2.24) is 4.90 Å². The van der Waals surface area contributed by atoms with Crippen LogP contribution in [0.3, 0.4) is 0 Å². The third-order valence-electron chi connectivity index (χ3n) is 3.07. The molecule has 0 amide bonds. The van der Waals surface area contributed by atoms with Crippen LogP contribution in [0.15, 0.2) is 0 Å². The zero-order valence-electron chi connectivity index (χ0n) is 9.69. The molecule has 1 heterocycles. The van der Waals surface area contributed by atoms with E-state index in [0.29, 0.717) is 12.8 Å². The topological polar surface area (TPSA) is 66.6 Å². The number of piperidine rings is 1. The molecule has 5 heteroatoms. The fourth-order valence-electron chi connectivity index (χ4n) is 1.99. The Morgan fingerprint density at radius 2 is 1.87 bits per heavy atom. The van der Waals surface area contributed by atoms with Gasteiger partial charge in [-0.05, 0) is 33.6 Å². The van der Waals surface area contributed by atoms with Crippen molar-refractivity contribution in [2.45, 2.75) is 44.8 Å². The average molecular weight is 216 g/mol. The van der Waals surface area contributed by atoms with Gasteiger partial charge in [0.1, 0.15) is 5.60 Å². The van der Waals surface area contributed by atoms with Gasteiger partial charge in [-0.25, -0.2) is 0 Å². The van der Waals surface area contributed by atoms with E-state index in [1.165, 1.54) is 0 Å². The van der Waals surface area contributed by atoms with Crippen molar-refractivity contribution in [3.63, 3.8) is 0 Å². The molecular formula is C10H20N2O3. The summed E-state index contributed by atoms with van der Waals surface area (Å²) in [6.45, 7) is 7.48. The maximum atomic E-state index is 10.4. The molecule has 0 bridgehead atoms. The van der Waals surface area contributed by atoms with E-state index in [1.807, 2.05) is 0 Å². The van der Waals surface area contributed by atoms with E-state index < -0.39 is 10.5 Å². The molecule has 5 nitrogen and oxygen atoms in total.